The van der Waals surface area contributed by atoms with E-state index >= 15 is 0 Å². The molecule has 0 aliphatic carbocycles. The number of alkyl halides is 3. The summed E-state index contributed by atoms with van der Waals surface area (Å²) in [5, 5.41) is 2.87. The molecule has 16 heteroatoms. The monoisotopic (exact) mass is 654 g/mol. The van der Waals surface area contributed by atoms with Gasteiger partial charge in [-0.05, 0) is 54.6 Å². The summed E-state index contributed by atoms with van der Waals surface area (Å²) >= 11 is 0. The second-order valence-corrected chi connectivity index (χ2v) is 12.1. The molecule has 1 amide bonds. The molecule has 0 saturated heterocycles. The number of amides is 1. The van der Waals surface area contributed by atoms with Crippen molar-refractivity contribution in [2.45, 2.75) is 6.36 Å². The maximum atomic E-state index is 13.7. The summed E-state index contributed by atoms with van der Waals surface area (Å²) < 4.78 is 89.6. The number of nitrogens with one attached hydrogen (secondary N) is 1. The maximum Gasteiger partial charge on any atom is 0.573 e. The molecule has 0 unspecified atom stereocenters. The Morgan fingerprint density at radius 1 is 1.04 bits per heavy atom. The van der Waals surface area contributed by atoms with E-state index in [1.807, 2.05) is 0 Å². The van der Waals surface area contributed by atoms with Gasteiger partial charge in [-0.2, -0.15) is 0 Å². The van der Waals surface area contributed by atoms with Crippen LogP contribution in [0.5, 0.6) is 5.75 Å². The van der Waals surface area contributed by atoms with E-state index in [0.717, 1.165) is 22.7 Å². The second kappa shape index (κ2) is 11.1. The highest BCUT2D eigenvalue weighted by Crippen LogP contribution is 2.41. The normalized spacial score (nSPS) is 12.1. The molecule has 0 spiro atoms. The lowest BCUT2D eigenvalue weighted by Crippen LogP contribution is -2.25. The molecule has 1 N–H and O–H groups in total. The van der Waals surface area contributed by atoms with E-state index in [-0.39, 0.29) is 39.6 Å². The maximum absolute atomic E-state index is 13.7. The fourth-order valence-corrected chi connectivity index (χ4v) is 5.35. The zero-order valence-corrected chi connectivity index (χ0v) is 24.9. The molecule has 0 aliphatic heterocycles. The Balaban J connectivity index is 1.56. The number of ether oxygens (including phenoxy) is 1. The second-order valence-electron chi connectivity index (χ2n) is 10.0. The summed E-state index contributed by atoms with van der Waals surface area (Å²) in [4.78, 5) is 26.5. The van der Waals surface area contributed by atoms with Gasteiger partial charge >= 0.3 is 6.36 Å². The molecule has 6 rings (SSSR count). The molecule has 3 aromatic carbocycles. The van der Waals surface area contributed by atoms with Gasteiger partial charge in [-0.1, -0.05) is 0 Å². The number of rotatable bonds is 7. The number of benzene rings is 3. The molecule has 0 atom stereocenters. The first-order valence-corrected chi connectivity index (χ1v) is 15.2. The van der Waals surface area contributed by atoms with Crippen LogP contribution in [0.3, 0.4) is 0 Å². The van der Waals surface area contributed by atoms with Crippen LogP contribution in [0.2, 0.25) is 0 Å². The molecule has 236 valence electrons. The van der Waals surface area contributed by atoms with Gasteiger partial charge < -0.3 is 14.5 Å². The summed E-state index contributed by atoms with van der Waals surface area (Å²) in [5.74, 6) is -1.23. The number of nitrogens with zero attached hydrogens (tertiary/aromatic N) is 5. The largest absolute Gasteiger partial charge is 0.573 e. The third kappa shape index (κ3) is 5.69. The lowest BCUT2D eigenvalue weighted by atomic mass is 10.0. The van der Waals surface area contributed by atoms with Crippen LogP contribution in [-0.2, 0) is 10.0 Å². The molecule has 11 nitrogen and oxygen atoms in total. The van der Waals surface area contributed by atoms with Crippen LogP contribution in [0.15, 0.2) is 77.6 Å². The van der Waals surface area contributed by atoms with Crippen molar-refractivity contribution in [3.05, 3.63) is 84.6 Å². The van der Waals surface area contributed by atoms with Crippen molar-refractivity contribution in [3.8, 4) is 34.1 Å². The number of furan rings is 1. The van der Waals surface area contributed by atoms with Crippen molar-refractivity contribution in [3.63, 3.8) is 0 Å². The summed E-state index contributed by atoms with van der Waals surface area (Å²) in [6.07, 6.45) is -1.03. The van der Waals surface area contributed by atoms with Gasteiger partial charge in [-0.3, -0.25) is 13.7 Å². The van der Waals surface area contributed by atoms with E-state index in [1.165, 1.54) is 79.7 Å². The molecular weight excluding hydrogens is 632 g/mol. The fraction of sp³-hybridized carbons (Fsp3) is 0.133. The average Bonchev–Trinajstić information content (AvgIpc) is 3.60. The lowest BCUT2D eigenvalue weighted by molar-refractivity contribution is -0.274. The van der Waals surface area contributed by atoms with E-state index in [0.29, 0.717) is 22.2 Å². The van der Waals surface area contributed by atoms with Crippen LogP contribution >= 0.6 is 0 Å². The number of halogens is 4. The molecule has 0 bridgehead atoms. The molecule has 0 aliphatic rings. The van der Waals surface area contributed by atoms with Gasteiger partial charge in [0.1, 0.15) is 34.8 Å². The Labute approximate surface area is 258 Å². The smallest absolute Gasteiger partial charge is 0.455 e. The Kier molecular flexibility index (Phi) is 7.39. The molecule has 0 radical (unpaired) electrons. The van der Waals surface area contributed by atoms with Crippen LogP contribution in [-0.4, -0.2) is 60.6 Å². The van der Waals surface area contributed by atoms with Gasteiger partial charge in [0.25, 0.3) is 5.91 Å². The molecular formula is C30H22F4N6O5S. The highest BCUT2D eigenvalue weighted by atomic mass is 32.2. The number of sulfonamides is 1. The summed E-state index contributed by atoms with van der Waals surface area (Å²) in [6, 6.07) is 13.3. The number of aromatic nitrogens is 4. The third-order valence-corrected chi connectivity index (χ3v) is 8.28. The minimum atomic E-state index is -4.85. The van der Waals surface area contributed by atoms with E-state index in [4.69, 9.17) is 4.42 Å². The van der Waals surface area contributed by atoms with Crippen molar-refractivity contribution < 1.29 is 39.9 Å². The first-order chi connectivity index (χ1) is 21.7. The highest BCUT2D eigenvalue weighted by molar-refractivity contribution is 7.92. The zero-order chi connectivity index (χ0) is 33.0. The number of carbonyl (C=O) groups is 1. The average molecular weight is 655 g/mol. The first-order valence-electron chi connectivity index (χ1n) is 13.3. The van der Waals surface area contributed by atoms with Gasteiger partial charge in [-0.15, -0.1) is 13.2 Å². The Hall–Kier alpha value is -5.51. The van der Waals surface area contributed by atoms with Gasteiger partial charge in [0, 0.05) is 42.4 Å². The molecule has 3 heterocycles. The van der Waals surface area contributed by atoms with Crippen molar-refractivity contribution in [2.24, 2.45) is 0 Å². The minimum Gasteiger partial charge on any atom is -0.455 e. The molecule has 3 aromatic heterocycles. The minimum absolute atomic E-state index is 0.0473. The van der Waals surface area contributed by atoms with Crippen molar-refractivity contribution >= 4 is 43.8 Å². The van der Waals surface area contributed by atoms with E-state index in [2.05, 4.69) is 25.0 Å². The van der Waals surface area contributed by atoms with Gasteiger partial charge in [0.15, 0.2) is 11.5 Å². The Bertz CT molecular complexity index is 2230. The number of hydrogen-bond acceptors (Lipinski definition) is 8. The summed E-state index contributed by atoms with van der Waals surface area (Å²) in [6.45, 7) is 0. The van der Waals surface area contributed by atoms with E-state index < -0.39 is 33.9 Å². The highest BCUT2D eigenvalue weighted by Gasteiger charge is 2.31. The number of imidazole rings is 1. The quantitative estimate of drug-likeness (QED) is 0.217. The summed E-state index contributed by atoms with van der Waals surface area (Å²) in [7, 11) is -1.07. The van der Waals surface area contributed by atoms with Crippen molar-refractivity contribution in [2.75, 3.05) is 24.7 Å². The van der Waals surface area contributed by atoms with Crippen LogP contribution in [0, 0.1) is 5.82 Å². The van der Waals surface area contributed by atoms with Crippen LogP contribution in [0.4, 0.5) is 23.2 Å². The third-order valence-electron chi connectivity index (χ3n) is 7.08. The number of hydrogen-bond donors (Lipinski definition) is 1. The van der Waals surface area contributed by atoms with Crippen LogP contribution < -0.4 is 14.4 Å². The fourth-order valence-electron chi connectivity index (χ4n) is 4.84. The van der Waals surface area contributed by atoms with Crippen LogP contribution in [0.25, 0.3) is 50.5 Å². The molecule has 0 saturated carbocycles. The van der Waals surface area contributed by atoms with Gasteiger partial charge in [0.2, 0.25) is 10.0 Å². The van der Waals surface area contributed by atoms with Crippen molar-refractivity contribution in [1.82, 2.24) is 24.8 Å². The van der Waals surface area contributed by atoms with Crippen LogP contribution in [0.1, 0.15) is 10.4 Å². The zero-order valence-electron chi connectivity index (χ0n) is 24.1. The predicted molar refractivity (Wildman–Crippen MR) is 161 cm³/mol. The van der Waals surface area contributed by atoms with E-state index in [9.17, 15) is 30.8 Å². The number of carbonyl (C=O) groups excluding carboxylic acids is 1. The van der Waals surface area contributed by atoms with Gasteiger partial charge in [0.05, 0.1) is 23.7 Å². The Morgan fingerprint density at radius 3 is 2.37 bits per heavy atom. The predicted octanol–water partition coefficient (Wildman–Crippen LogP) is 5.69. The number of anilines is 1. The SMILES string of the molecule is CNC(=O)c1c(-c2ccc(F)cc2)oc2cc(N(C)S(C)(=O)=O)c(-c3ncc4ncn(-c5ccc(OC(F)(F)F)cc5)c4n3)cc12. The molecule has 6 aromatic rings. The first kappa shape index (κ1) is 30.5. The summed E-state index contributed by atoms with van der Waals surface area (Å²) in [5.41, 5.74) is 2.03. The standard InChI is InChI=1S/C30H22F4N6O5S/c1-35-29(41)25-21-12-20(23(39(2)46(3,42)43)13-24(21)44-26(25)16-4-6-17(31)7-5-16)27-36-14-22-28(38-27)40(15-37-22)18-8-10-19(11-9-18)45-30(32,33)34/h4-15H,1-3H3,(H,35,41). The number of fused-ring (bicyclic) bond motifs is 2. The molecule has 46 heavy (non-hydrogen) atoms. The lowest BCUT2D eigenvalue weighted by Gasteiger charge is -2.20. The Morgan fingerprint density at radius 2 is 1.74 bits per heavy atom. The topological polar surface area (TPSA) is 132 Å². The molecule has 0 fully saturated rings. The van der Waals surface area contributed by atoms with E-state index in [1.54, 1.807) is 0 Å². The van der Waals surface area contributed by atoms with Crippen molar-refractivity contribution in [1.29, 1.82) is 0 Å². The van der Waals surface area contributed by atoms with Gasteiger partial charge in [-0.25, -0.2) is 27.8 Å².